The van der Waals surface area contributed by atoms with E-state index < -0.39 is 40.6 Å². The summed E-state index contributed by atoms with van der Waals surface area (Å²) in [5, 5.41) is 22.9. The minimum atomic E-state index is -4.23. The first-order valence-corrected chi connectivity index (χ1v) is 11.6. The number of carboxylic acids is 1. The molecule has 14 heteroatoms. The average Bonchev–Trinajstić information content (AvgIpc) is 3.38. The number of oxime groups is 1. The van der Waals surface area contributed by atoms with Crippen LogP contribution in [0, 0.1) is 13.8 Å². The number of sulfonamides is 1. The van der Waals surface area contributed by atoms with E-state index in [1.165, 1.54) is 20.1 Å². The number of aliphatic carboxylic acids is 1. The number of carbonyl (C=O) groups is 2. The molecule has 34 heavy (non-hydrogen) atoms. The molecule has 2 atom stereocenters. The van der Waals surface area contributed by atoms with Crippen LogP contribution in [0.15, 0.2) is 43.9 Å². The summed E-state index contributed by atoms with van der Waals surface area (Å²) in [6.07, 6.45) is 1.25. The van der Waals surface area contributed by atoms with Gasteiger partial charge in [0, 0.05) is 13.0 Å². The van der Waals surface area contributed by atoms with Gasteiger partial charge >= 0.3 is 5.97 Å². The predicted molar refractivity (Wildman–Crippen MR) is 120 cm³/mol. The van der Waals surface area contributed by atoms with Crippen LogP contribution in [0.4, 0.5) is 0 Å². The summed E-state index contributed by atoms with van der Waals surface area (Å²) in [5.74, 6) is 3.18. The molecule has 0 bridgehead atoms. The maximum Gasteiger partial charge on any atom is 0.323 e. The maximum atomic E-state index is 12.6. The van der Waals surface area contributed by atoms with Crippen molar-refractivity contribution >= 4 is 33.8 Å². The molecule has 3 rings (SSSR count). The average molecular weight is 493 g/mol. The Kier molecular flexibility index (Phi) is 7.63. The summed E-state index contributed by atoms with van der Waals surface area (Å²) in [6, 6.07) is 5.66. The summed E-state index contributed by atoms with van der Waals surface area (Å²) in [6.45, 7) is 2.34. The lowest BCUT2D eigenvalue weighted by Gasteiger charge is -2.16. The molecule has 1 aliphatic heterocycles. The van der Waals surface area contributed by atoms with Gasteiger partial charge in [0.2, 0.25) is 15.9 Å². The third kappa shape index (κ3) is 5.96. The summed E-state index contributed by atoms with van der Waals surface area (Å²) in [7, 11) is -4.23. The SMILES string of the molecule is Cc1noc(C)c1S(=O)(=O)N[C@@H](CNC(=O)C[C@H]1CC(c2ccc(C=NN)cc2)=NO1)C(=O)O. The van der Waals surface area contributed by atoms with Crippen LogP contribution in [-0.4, -0.2) is 61.2 Å². The van der Waals surface area contributed by atoms with Crippen LogP contribution >= 0.6 is 0 Å². The number of hydrogen-bond donors (Lipinski definition) is 4. The van der Waals surface area contributed by atoms with Gasteiger partial charge in [-0.25, -0.2) is 8.42 Å². The second-order valence-corrected chi connectivity index (χ2v) is 9.19. The molecule has 1 aliphatic rings. The van der Waals surface area contributed by atoms with Crippen molar-refractivity contribution in [2.45, 2.75) is 43.7 Å². The monoisotopic (exact) mass is 492 g/mol. The summed E-state index contributed by atoms with van der Waals surface area (Å²) < 4.78 is 32.0. The van der Waals surface area contributed by atoms with Crippen LogP contribution in [-0.2, 0) is 24.4 Å². The highest BCUT2D eigenvalue weighted by Crippen LogP contribution is 2.20. The van der Waals surface area contributed by atoms with Crippen LogP contribution in [0.1, 0.15) is 35.4 Å². The van der Waals surface area contributed by atoms with E-state index in [0.29, 0.717) is 12.1 Å². The Morgan fingerprint density at radius 2 is 2.03 bits per heavy atom. The number of aryl methyl sites for hydroxylation is 2. The molecule has 2 aromatic rings. The highest BCUT2D eigenvalue weighted by Gasteiger charge is 2.31. The molecule has 0 fully saturated rings. The number of aromatic nitrogens is 1. The van der Waals surface area contributed by atoms with Crippen LogP contribution in [0.25, 0.3) is 0 Å². The lowest BCUT2D eigenvalue weighted by molar-refractivity contribution is -0.139. The molecule has 0 radical (unpaired) electrons. The van der Waals surface area contributed by atoms with Gasteiger partial charge in [0.1, 0.15) is 22.7 Å². The highest BCUT2D eigenvalue weighted by atomic mass is 32.2. The smallest absolute Gasteiger partial charge is 0.323 e. The summed E-state index contributed by atoms with van der Waals surface area (Å²) in [5.41, 5.74) is 2.38. The largest absolute Gasteiger partial charge is 0.480 e. The summed E-state index contributed by atoms with van der Waals surface area (Å²) in [4.78, 5) is 29.0. The number of carbonyl (C=O) groups excluding carboxylic acids is 1. The predicted octanol–water partition coefficient (Wildman–Crippen LogP) is 0.0150. The first kappa shape index (κ1) is 24.9. The molecular formula is C20H24N6O7S. The Morgan fingerprint density at radius 3 is 2.62 bits per heavy atom. The number of nitrogens with two attached hydrogens (primary N) is 1. The van der Waals surface area contributed by atoms with Gasteiger partial charge in [0.25, 0.3) is 0 Å². The molecular weight excluding hydrogens is 468 g/mol. The van der Waals surface area contributed by atoms with Gasteiger partial charge in [0.15, 0.2) is 5.76 Å². The van der Waals surface area contributed by atoms with Crippen molar-refractivity contribution < 1.29 is 32.5 Å². The highest BCUT2D eigenvalue weighted by molar-refractivity contribution is 7.89. The molecule has 2 heterocycles. The van der Waals surface area contributed by atoms with E-state index >= 15 is 0 Å². The quantitative estimate of drug-likeness (QED) is 0.200. The van der Waals surface area contributed by atoms with E-state index in [4.69, 9.17) is 15.2 Å². The second kappa shape index (κ2) is 10.4. The molecule has 0 unspecified atom stereocenters. The molecule has 1 amide bonds. The number of amides is 1. The Morgan fingerprint density at radius 1 is 1.32 bits per heavy atom. The van der Waals surface area contributed by atoms with Gasteiger partial charge in [-0.05, 0) is 25.0 Å². The number of nitrogens with one attached hydrogen (secondary N) is 2. The second-order valence-electron chi connectivity index (χ2n) is 7.54. The van der Waals surface area contributed by atoms with Crippen molar-refractivity contribution in [3.63, 3.8) is 0 Å². The zero-order chi connectivity index (χ0) is 24.9. The van der Waals surface area contributed by atoms with Crippen molar-refractivity contribution in [1.82, 2.24) is 15.2 Å². The Labute approximate surface area is 195 Å². The molecule has 1 aromatic carbocycles. The molecule has 0 saturated heterocycles. The van der Waals surface area contributed by atoms with Crippen LogP contribution in [0.5, 0.6) is 0 Å². The van der Waals surface area contributed by atoms with Gasteiger partial charge < -0.3 is 25.6 Å². The van der Waals surface area contributed by atoms with Crippen molar-refractivity contribution in [1.29, 1.82) is 0 Å². The zero-order valence-electron chi connectivity index (χ0n) is 18.4. The molecule has 0 saturated carbocycles. The maximum absolute atomic E-state index is 12.6. The lowest BCUT2D eigenvalue weighted by Crippen LogP contribution is -2.48. The zero-order valence-corrected chi connectivity index (χ0v) is 19.2. The van der Waals surface area contributed by atoms with Crippen LogP contribution in [0.3, 0.4) is 0 Å². The number of nitrogens with zero attached hydrogens (tertiary/aromatic N) is 3. The van der Waals surface area contributed by atoms with Gasteiger partial charge in [-0.2, -0.15) is 9.82 Å². The van der Waals surface area contributed by atoms with Gasteiger partial charge in [-0.1, -0.05) is 34.6 Å². The van der Waals surface area contributed by atoms with E-state index in [2.05, 4.69) is 25.5 Å². The van der Waals surface area contributed by atoms with Crippen LogP contribution < -0.4 is 15.9 Å². The number of benzene rings is 1. The summed E-state index contributed by atoms with van der Waals surface area (Å²) >= 11 is 0. The van der Waals surface area contributed by atoms with Crippen molar-refractivity contribution in [2.75, 3.05) is 6.54 Å². The minimum absolute atomic E-state index is 0.0227. The number of hydrogen-bond acceptors (Lipinski definition) is 10. The number of carboxylic acid groups (broad SMARTS) is 1. The fourth-order valence-corrected chi connectivity index (χ4v) is 4.85. The Balaban J connectivity index is 1.53. The van der Waals surface area contributed by atoms with E-state index in [9.17, 15) is 23.1 Å². The van der Waals surface area contributed by atoms with E-state index in [0.717, 1.165) is 11.1 Å². The molecule has 1 aromatic heterocycles. The van der Waals surface area contributed by atoms with Crippen molar-refractivity contribution in [3.05, 3.63) is 46.8 Å². The van der Waals surface area contributed by atoms with E-state index in [1.54, 1.807) is 0 Å². The fourth-order valence-electron chi connectivity index (χ4n) is 3.33. The molecule has 5 N–H and O–H groups in total. The van der Waals surface area contributed by atoms with Gasteiger partial charge in [-0.15, -0.1) is 0 Å². The minimum Gasteiger partial charge on any atom is -0.480 e. The standard InChI is InChI=1S/C20H24N6O7S/c1-11-19(12(2)32-24-11)34(30,31)26-17(20(28)29)10-22-18(27)8-15-7-16(25-33-15)14-5-3-13(4-6-14)9-23-21/h3-6,9,15,17,26H,7-8,10,21H2,1-2H3,(H,22,27)(H,28,29)/t15-,17+/m1/s1. The topological polar surface area (TPSA) is 199 Å². The van der Waals surface area contributed by atoms with E-state index in [1.807, 2.05) is 24.3 Å². The molecule has 0 spiro atoms. The van der Waals surface area contributed by atoms with Gasteiger partial charge in [0.05, 0.1) is 18.3 Å². The Hall–Kier alpha value is -3.78. The van der Waals surface area contributed by atoms with Crippen molar-refractivity contribution in [3.8, 4) is 0 Å². The van der Waals surface area contributed by atoms with E-state index in [-0.39, 0.29) is 22.8 Å². The lowest BCUT2D eigenvalue weighted by atomic mass is 10.0. The fraction of sp³-hybridized carbons (Fsp3) is 0.350. The molecule has 182 valence electrons. The first-order chi connectivity index (χ1) is 16.1. The third-order valence-corrected chi connectivity index (χ3v) is 6.66. The normalized spacial score (nSPS) is 16.8. The molecule has 13 nitrogen and oxygen atoms in total. The van der Waals surface area contributed by atoms with Gasteiger partial charge in [-0.3, -0.25) is 9.59 Å². The van der Waals surface area contributed by atoms with Crippen LogP contribution in [0.2, 0.25) is 0 Å². The third-order valence-electron chi connectivity index (χ3n) is 4.95. The molecule has 0 aliphatic carbocycles. The number of hydrazone groups is 1. The Bertz CT molecular complexity index is 1200. The first-order valence-electron chi connectivity index (χ1n) is 10.1. The number of rotatable bonds is 10. The van der Waals surface area contributed by atoms with Crippen molar-refractivity contribution in [2.24, 2.45) is 16.1 Å².